The summed E-state index contributed by atoms with van der Waals surface area (Å²) in [5, 5.41) is 3.29. The average Bonchev–Trinajstić information content (AvgIpc) is 3.08. The summed E-state index contributed by atoms with van der Waals surface area (Å²) in [4.78, 5) is 19.2. The maximum Gasteiger partial charge on any atom is 0.264 e. The third-order valence-corrected chi connectivity index (χ3v) is 5.76. The highest BCUT2D eigenvalue weighted by atomic mass is 32.2. The quantitative estimate of drug-likeness (QED) is 0.769. The van der Waals surface area contributed by atoms with E-state index in [1.807, 2.05) is 35.2 Å². The van der Waals surface area contributed by atoms with E-state index in [0.29, 0.717) is 47.6 Å². The van der Waals surface area contributed by atoms with Gasteiger partial charge in [0.25, 0.3) is 5.91 Å². The molecule has 2 heterocycles. The van der Waals surface area contributed by atoms with Crippen molar-refractivity contribution in [1.82, 2.24) is 5.32 Å². The highest BCUT2D eigenvalue weighted by molar-refractivity contribution is 8.18. The Bertz CT molecular complexity index is 967. The molecule has 0 atom stereocenters. The molecule has 0 aliphatic carbocycles. The Hall–Kier alpha value is -2.64. The van der Waals surface area contributed by atoms with Gasteiger partial charge in [-0.2, -0.15) is 0 Å². The Labute approximate surface area is 173 Å². The molecule has 2 aliphatic rings. The third kappa shape index (κ3) is 4.68. The SMILES string of the molecule is CCc1ccc(N=C2NC(=O)/C(=C/c3ccc(N4CCOCC4)c(F)c3)S2)cc1. The van der Waals surface area contributed by atoms with Crippen LogP contribution in [0.2, 0.25) is 0 Å². The van der Waals surface area contributed by atoms with Crippen LogP contribution in [-0.4, -0.2) is 37.4 Å². The molecule has 2 aromatic carbocycles. The van der Waals surface area contributed by atoms with Crippen LogP contribution >= 0.6 is 11.8 Å². The lowest BCUT2D eigenvalue weighted by Crippen LogP contribution is -2.36. The van der Waals surface area contributed by atoms with Gasteiger partial charge in [-0.3, -0.25) is 4.79 Å². The molecule has 1 amide bonds. The highest BCUT2D eigenvalue weighted by Gasteiger charge is 2.24. The number of amidine groups is 1. The number of hydrogen-bond acceptors (Lipinski definition) is 5. The van der Waals surface area contributed by atoms with E-state index in [4.69, 9.17) is 4.74 Å². The summed E-state index contributed by atoms with van der Waals surface area (Å²) in [5.74, 6) is -0.522. The van der Waals surface area contributed by atoms with Crippen LogP contribution in [-0.2, 0) is 16.0 Å². The number of ether oxygens (including phenoxy) is 1. The number of benzene rings is 2. The maximum absolute atomic E-state index is 14.6. The number of nitrogens with one attached hydrogen (secondary N) is 1. The molecule has 0 saturated carbocycles. The fourth-order valence-corrected chi connectivity index (χ4v) is 4.07. The van der Waals surface area contributed by atoms with Crippen molar-refractivity contribution in [3.05, 3.63) is 64.3 Å². The third-order valence-electron chi connectivity index (χ3n) is 4.85. The molecule has 0 radical (unpaired) electrons. The Morgan fingerprint density at radius 2 is 1.97 bits per heavy atom. The van der Waals surface area contributed by atoms with Gasteiger partial charge in [-0.15, -0.1) is 0 Å². The summed E-state index contributed by atoms with van der Waals surface area (Å²) >= 11 is 1.26. The number of aryl methyl sites for hydroxylation is 1. The van der Waals surface area contributed by atoms with Gasteiger partial charge in [0.1, 0.15) is 5.82 Å². The van der Waals surface area contributed by atoms with Crippen LogP contribution in [0.5, 0.6) is 0 Å². The van der Waals surface area contributed by atoms with Crippen molar-refractivity contribution in [3.8, 4) is 0 Å². The number of nitrogens with zero attached hydrogens (tertiary/aromatic N) is 2. The van der Waals surface area contributed by atoms with Crippen LogP contribution < -0.4 is 10.2 Å². The van der Waals surface area contributed by atoms with Crippen LogP contribution in [0.1, 0.15) is 18.1 Å². The number of rotatable bonds is 4. The molecule has 29 heavy (non-hydrogen) atoms. The predicted octanol–water partition coefficient (Wildman–Crippen LogP) is 4.12. The van der Waals surface area contributed by atoms with E-state index in [1.165, 1.54) is 23.4 Å². The van der Waals surface area contributed by atoms with Gasteiger partial charge in [-0.05, 0) is 59.7 Å². The van der Waals surface area contributed by atoms with E-state index >= 15 is 0 Å². The van der Waals surface area contributed by atoms with Crippen molar-refractivity contribution < 1.29 is 13.9 Å². The zero-order chi connectivity index (χ0) is 20.2. The highest BCUT2D eigenvalue weighted by Crippen LogP contribution is 2.29. The van der Waals surface area contributed by atoms with E-state index in [9.17, 15) is 9.18 Å². The Kier molecular flexibility index (Phi) is 5.97. The Balaban J connectivity index is 1.49. The second-order valence-electron chi connectivity index (χ2n) is 6.81. The number of carbonyl (C=O) groups excluding carboxylic acids is 1. The fraction of sp³-hybridized carbons (Fsp3) is 0.273. The van der Waals surface area contributed by atoms with Crippen molar-refractivity contribution in [1.29, 1.82) is 0 Å². The van der Waals surface area contributed by atoms with E-state index in [-0.39, 0.29) is 11.7 Å². The second-order valence-corrected chi connectivity index (χ2v) is 7.84. The second kappa shape index (κ2) is 8.80. The lowest BCUT2D eigenvalue weighted by atomic mass is 10.1. The van der Waals surface area contributed by atoms with Crippen molar-refractivity contribution in [2.75, 3.05) is 31.2 Å². The molecule has 2 fully saturated rings. The summed E-state index contributed by atoms with van der Waals surface area (Å²) in [7, 11) is 0. The van der Waals surface area contributed by atoms with Gasteiger partial charge < -0.3 is 15.0 Å². The maximum atomic E-state index is 14.6. The van der Waals surface area contributed by atoms with E-state index in [1.54, 1.807) is 12.1 Å². The molecule has 0 bridgehead atoms. The molecule has 150 valence electrons. The molecular weight excluding hydrogens is 389 g/mol. The number of hydrogen-bond donors (Lipinski definition) is 1. The van der Waals surface area contributed by atoms with Gasteiger partial charge in [0.05, 0.1) is 29.5 Å². The lowest BCUT2D eigenvalue weighted by molar-refractivity contribution is -0.115. The summed E-state index contributed by atoms with van der Waals surface area (Å²) in [6.45, 7) is 4.65. The number of aliphatic imine (C=N–C) groups is 1. The monoisotopic (exact) mass is 411 g/mol. The average molecular weight is 412 g/mol. The molecular formula is C22H22FN3O2S. The van der Waals surface area contributed by atoms with Crippen LogP contribution in [0.4, 0.5) is 15.8 Å². The number of thioether (sulfide) groups is 1. The number of amides is 1. The van der Waals surface area contributed by atoms with Gasteiger partial charge in [0.2, 0.25) is 0 Å². The first-order valence-corrected chi connectivity index (χ1v) is 10.4. The molecule has 2 saturated heterocycles. The number of halogens is 1. The van der Waals surface area contributed by atoms with Crippen molar-refractivity contribution in [2.45, 2.75) is 13.3 Å². The van der Waals surface area contributed by atoms with E-state index in [2.05, 4.69) is 17.2 Å². The molecule has 1 N–H and O–H groups in total. The first-order chi connectivity index (χ1) is 14.1. The van der Waals surface area contributed by atoms with Crippen LogP contribution in [0, 0.1) is 5.82 Å². The van der Waals surface area contributed by atoms with Crippen LogP contribution in [0.3, 0.4) is 0 Å². The van der Waals surface area contributed by atoms with E-state index < -0.39 is 0 Å². The Morgan fingerprint density at radius 1 is 1.21 bits per heavy atom. The molecule has 0 unspecified atom stereocenters. The topological polar surface area (TPSA) is 53.9 Å². The zero-order valence-electron chi connectivity index (χ0n) is 16.2. The minimum absolute atomic E-state index is 0.225. The summed E-state index contributed by atoms with van der Waals surface area (Å²) in [5.41, 5.74) is 3.23. The van der Waals surface area contributed by atoms with Crippen LogP contribution in [0.25, 0.3) is 6.08 Å². The van der Waals surface area contributed by atoms with Gasteiger partial charge in [0.15, 0.2) is 5.17 Å². The fourth-order valence-electron chi connectivity index (χ4n) is 3.23. The lowest BCUT2D eigenvalue weighted by Gasteiger charge is -2.29. The predicted molar refractivity (Wildman–Crippen MR) is 116 cm³/mol. The summed E-state index contributed by atoms with van der Waals surface area (Å²) < 4.78 is 19.9. The van der Waals surface area contributed by atoms with Gasteiger partial charge in [-0.25, -0.2) is 9.38 Å². The number of carbonyl (C=O) groups is 1. The summed E-state index contributed by atoms with van der Waals surface area (Å²) in [6.07, 6.45) is 2.66. The normalized spacial score (nSPS) is 19.8. The van der Waals surface area contributed by atoms with Gasteiger partial charge in [-0.1, -0.05) is 25.1 Å². The minimum Gasteiger partial charge on any atom is -0.378 e. The molecule has 4 rings (SSSR count). The Morgan fingerprint density at radius 3 is 2.66 bits per heavy atom. The minimum atomic E-state index is -0.297. The molecule has 2 aliphatic heterocycles. The van der Waals surface area contributed by atoms with Crippen molar-refractivity contribution in [3.63, 3.8) is 0 Å². The van der Waals surface area contributed by atoms with Gasteiger partial charge in [0, 0.05) is 13.1 Å². The molecule has 0 aromatic heterocycles. The van der Waals surface area contributed by atoms with Gasteiger partial charge >= 0.3 is 0 Å². The summed E-state index contributed by atoms with van der Waals surface area (Å²) in [6, 6.07) is 13.0. The standard InChI is InChI=1S/C22H22FN3O2S/c1-2-15-3-6-17(7-4-15)24-22-25-21(27)20(29-22)14-16-5-8-19(18(23)13-16)26-9-11-28-12-10-26/h3-8,13-14H,2,9-12H2,1H3,(H,24,25,27)/b20-14-. The molecule has 5 nitrogen and oxygen atoms in total. The smallest absolute Gasteiger partial charge is 0.264 e. The molecule has 0 spiro atoms. The van der Waals surface area contributed by atoms with Crippen LogP contribution in [0.15, 0.2) is 52.4 Å². The largest absolute Gasteiger partial charge is 0.378 e. The molecule has 2 aromatic rings. The number of morpholine rings is 1. The van der Waals surface area contributed by atoms with Crippen molar-refractivity contribution in [2.24, 2.45) is 4.99 Å². The van der Waals surface area contributed by atoms with Crippen molar-refractivity contribution >= 4 is 40.3 Å². The first-order valence-electron chi connectivity index (χ1n) is 9.63. The van der Waals surface area contributed by atoms with E-state index in [0.717, 1.165) is 12.1 Å². The zero-order valence-corrected chi connectivity index (χ0v) is 17.0. The molecule has 7 heteroatoms. The number of anilines is 1. The first kappa shape index (κ1) is 19.7.